The summed E-state index contributed by atoms with van der Waals surface area (Å²) in [5.74, 6) is 0.596. The van der Waals surface area contributed by atoms with Gasteiger partial charge in [-0.3, -0.25) is 14.3 Å². The molecule has 0 bridgehead atoms. The first-order valence-corrected chi connectivity index (χ1v) is 13.6. The molecule has 1 saturated heterocycles. The van der Waals surface area contributed by atoms with Crippen molar-refractivity contribution in [1.29, 1.82) is 0 Å². The van der Waals surface area contributed by atoms with Crippen LogP contribution in [0.2, 0.25) is 0 Å². The fourth-order valence-corrected chi connectivity index (χ4v) is 5.19. The van der Waals surface area contributed by atoms with Crippen molar-refractivity contribution in [3.8, 4) is 11.7 Å². The van der Waals surface area contributed by atoms with Crippen LogP contribution in [-0.4, -0.2) is 88.4 Å². The molecule has 1 amide bonds. The number of alkyl halides is 2. The van der Waals surface area contributed by atoms with Gasteiger partial charge in [-0.1, -0.05) is 26.0 Å². The maximum absolute atomic E-state index is 14.1. The van der Waals surface area contributed by atoms with E-state index in [0.29, 0.717) is 62.1 Å². The van der Waals surface area contributed by atoms with Gasteiger partial charge in [-0.25, -0.2) is 13.8 Å². The minimum Gasteiger partial charge on any atom is -0.474 e. The number of benzene rings is 1. The van der Waals surface area contributed by atoms with Crippen LogP contribution in [0.15, 0.2) is 30.3 Å². The molecule has 1 aliphatic heterocycles. The highest BCUT2D eigenvalue weighted by molar-refractivity contribution is 5.78. The number of anilines is 1. The Morgan fingerprint density at radius 1 is 1.15 bits per heavy atom. The van der Waals surface area contributed by atoms with Gasteiger partial charge < -0.3 is 19.7 Å². The van der Waals surface area contributed by atoms with E-state index < -0.39 is 6.43 Å². The number of likely N-dealkylation sites (N-methyl/N-ethyl adjacent to an activating group) is 1. The summed E-state index contributed by atoms with van der Waals surface area (Å²) in [6.45, 7) is 8.30. The molecular formula is C27H35F2N7O3. The standard InChI is InChI=1S/C27H35F2N7O3/c1-3-34(4-2)17-23(37)30-18-9-10-19(15-18)39-24-16-22(32-27(33-24)35-11-13-38-14-12-35)36-21-8-6-5-7-20(21)31-26(36)25(28)29/h5-8,16,18-19,25H,3-4,9-15,17H2,1-2H3,(H,30,37)/t18-,19-/m0/s1. The molecule has 1 N–H and O–H groups in total. The highest BCUT2D eigenvalue weighted by atomic mass is 19.3. The van der Waals surface area contributed by atoms with Gasteiger partial charge in [0, 0.05) is 31.6 Å². The Balaban J connectivity index is 1.40. The van der Waals surface area contributed by atoms with Crippen molar-refractivity contribution in [1.82, 2.24) is 29.7 Å². The molecule has 3 heterocycles. The molecule has 0 spiro atoms. The van der Waals surface area contributed by atoms with E-state index >= 15 is 0 Å². The van der Waals surface area contributed by atoms with E-state index in [9.17, 15) is 13.6 Å². The second kappa shape index (κ2) is 12.2. The third-order valence-corrected chi connectivity index (χ3v) is 7.28. The van der Waals surface area contributed by atoms with Gasteiger partial charge in [0.1, 0.15) is 11.9 Å². The first-order valence-electron chi connectivity index (χ1n) is 13.6. The molecule has 2 aromatic heterocycles. The summed E-state index contributed by atoms with van der Waals surface area (Å²) in [7, 11) is 0. The van der Waals surface area contributed by atoms with Crippen molar-refractivity contribution in [3.63, 3.8) is 0 Å². The number of rotatable bonds is 10. The van der Waals surface area contributed by atoms with E-state index in [1.807, 2.05) is 18.7 Å². The van der Waals surface area contributed by atoms with Crippen LogP contribution in [-0.2, 0) is 9.53 Å². The van der Waals surface area contributed by atoms with E-state index in [2.05, 4.69) is 25.2 Å². The number of para-hydroxylation sites is 2. The van der Waals surface area contributed by atoms with Crippen molar-refractivity contribution in [3.05, 3.63) is 36.2 Å². The van der Waals surface area contributed by atoms with Gasteiger partial charge in [0.2, 0.25) is 17.7 Å². The molecule has 1 saturated carbocycles. The first kappa shape index (κ1) is 27.2. The number of carbonyl (C=O) groups excluding carboxylic acids is 1. The predicted molar refractivity (Wildman–Crippen MR) is 143 cm³/mol. The van der Waals surface area contributed by atoms with E-state index in [0.717, 1.165) is 25.9 Å². The Morgan fingerprint density at radius 2 is 1.92 bits per heavy atom. The zero-order valence-corrected chi connectivity index (χ0v) is 22.4. The third-order valence-electron chi connectivity index (χ3n) is 7.28. The third kappa shape index (κ3) is 6.27. The maximum atomic E-state index is 14.1. The minimum absolute atomic E-state index is 0.00907. The van der Waals surface area contributed by atoms with Gasteiger partial charge in [0.15, 0.2) is 5.82 Å². The molecule has 5 rings (SSSR count). The van der Waals surface area contributed by atoms with E-state index in [1.54, 1.807) is 30.3 Å². The molecule has 10 nitrogen and oxygen atoms in total. The van der Waals surface area contributed by atoms with Gasteiger partial charge in [0.25, 0.3) is 6.43 Å². The summed E-state index contributed by atoms with van der Waals surface area (Å²) >= 11 is 0. The molecule has 1 aromatic carbocycles. The van der Waals surface area contributed by atoms with Crippen LogP contribution >= 0.6 is 0 Å². The fraction of sp³-hybridized carbons (Fsp3) is 0.556. The summed E-state index contributed by atoms with van der Waals surface area (Å²) in [5, 5.41) is 3.12. The van der Waals surface area contributed by atoms with Crippen LogP contribution < -0.4 is 15.0 Å². The monoisotopic (exact) mass is 543 g/mol. The number of hydrogen-bond donors (Lipinski definition) is 1. The molecule has 210 valence electrons. The van der Waals surface area contributed by atoms with E-state index in [-0.39, 0.29) is 29.7 Å². The number of fused-ring (bicyclic) bond motifs is 1. The van der Waals surface area contributed by atoms with Crippen molar-refractivity contribution in [2.75, 3.05) is 50.8 Å². The van der Waals surface area contributed by atoms with E-state index in [1.165, 1.54) is 4.57 Å². The second-order valence-electron chi connectivity index (χ2n) is 9.84. The number of nitrogens with one attached hydrogen (secondary N) is 1. The number of carbonyl (C=O) groups is 1. The fourth-order valence-electron chi connectivity index (χ4n) is 5.19. The number of halogens is 2. The second-order valence-corrected chi connectivity index (χ2v) is 9.84. The molecule has 1 aliphatic carbocycles. The Labute approximate surface area is 226 Å². The number of hydrogen-bond acceptors (Lipinski definition) is 8. The van der Waals surface area contributed by atoms with Crippen molar-refractivity contribution in [2.45, 2.75) is 51.7 Å². The molecule has 2 aliphatic rings. The van der Waals surface area contributed by atoms with Crippen LogP contribution in [0, 0.1) is 0 Å². The van der Waals surface area contributed by atoms with Crippen molar-refractivity contribution < 1.29 is 23.0 Å². The molecule has 12 heteroatoms. The minimum atomic E-state index is -2.79. The lowest BCUT2D eigenvalue weighted by Gasteiger charge is -2.27. The number of aromatic nitrogens is 4. The molecule has 2 fully saturated rings. The Bertz CT molecular complexity index is 1280. The van der Waals surface area contributed by atoms with Crippen LogP contribution in [0.1, 0.15) is 45.4 Å². The maximum Gasteiger partial charge on any atom is 0.296 e. The highest BCUT2D eigenvalue weighted by Crippen LogP contribution is 2.31. The van der Waals surface area contributed by atoms with Crippen LogP contribution in [0.25, 0.3) is 16.9 Å². The number of nitrogens with zero attached hydrogens (tertiary/aromatic N) is 6. The lowest BCUT2D eigenvalue weighted by Crippen LogP contribution is -2.41. The Morgan fingerprint density at radius 3 is 2.67 bits per heavy atom. The van der Waals surface area contributed by atoms with Gasteiger partial charge >= 0.3 is 0 Å². The smallest absolute Gasteiger partial charge is 0.296 e. The van der Waals surface area contributed by atoms with Crippen molar-refractivity contribution in [2.24, 2.45) is 0 Å². The van der Waals surface area contributed by atoms with E-state index in [4.69, 9.17) is 9.47 Å². The molecule has 0 radical (unpaired) electrons. The average Bonchev–Trinajstić information content (AvgIpc) is 3.56. The lowest BCUT2D eigenvalue weighted by molar-refractivity contribution is -0.122. The van der Waals surface area contributed by atoms with Crippen molar-refractivity contribution >= 4 is 22.9 Å². The Kier molecular flexibility index (Phi) is 8.51. The summed E-state index contributed by atoms with van der Waals surface area (Å²) in [6, 6.07) is 8.60. The largest absolute Gasteiger partial charge is 0.474 e. The topological polar surface area (TPSA) is 97.6 Å². The Hall–Kier alpha value is -3.38. The molecule has 2 atom stereocenters. The number of amides is 1. The van der Waals surface area contributed by atoms with Gasteiger partial charge in [0.05, 0.1) is 30.8 Å². The summed E-state index contributed by atoms with van der Waals surface area (Å²) in [6.07, 6.45) is -0.771. The summed E-state index contributed by atoms with van der Waals surface area (Å²) in [4.78, 5) is 30.0. The van der Waals surface area contributed by atoms with Gasteiger partial charge in [-0.2, -0.15) is 9.97 Å². The predicted octanol–water partition coefficient (Wildman–Crippen LogP) is 3.35. The zero-order chi connectivity index (χ0) is 27.4. The van der Waals surface area contributed by atoms with Gasteiger partial charge in [-0.05, 0) is 38.1 Å². The summed E-state index contributed by atoms with van der Waals surface area (Å²) in [5.41, 5.74) is 0.989. The van der Waals surface area contributed by atoms with Gasteiger partial charge in [-0.15, -0.1) is 0 Å². The normalized spacial score (nSPS) is 19.8. The van der Waals surface area contributed by atoms with Crippen LogP contribution in [0.5, 0.6) is 5.88 Å². The zero-order valence-electron chi connectivity index (χ0n) is 22.4. The van der Waals surface area contributed by atoms with Crippen LogP contribution in [0.3, 0.4) is 0 Å². The number of ether oxygens (including phenoxy) is 2. The average molecular weight is 544 g/mol. The lowest BCUT2D eigenvalue weighted by atomic mass is 10.2. The quantitative estimate of drug-likeness (QED) is 0.416. The molecule has 3 aromatic rings. The first-order chi connectivity index (χ1) is 18.9. The number of imidazole rings is 1. The molecular weight excluding hydrogens is 508 g/mol. The SMILES string of the molecule is CCN(CC)CC(=O)N[C@H]1CC[C@H](Oc2cc(-n3c(C(F)F)nc4ccccc43)nc(N3CCOCC3)n2)C1. The number of morpholine rings is 1. The molecule has 39 heavy (non-hydrogen) atoms. The molecule has 0 unspecified atom stereocenters. The highest BCUT2D eigenvalue weighted by Gasteiger charge is 2.29. The summed E-state index contributed by atoms with van der Waals surface area (Å²) < 4.78 is 41.3. The van der Waals surface area contributed by atoms with Crippen LogP contribution in [0.4, 0.5) is 14.7 Å².